The average Bonchev–Trinajstić information content (AvgIpc) is 2.89. The summed E-state index contributed by atoms with van der Waals surface area (Å²) < 4.78 is 25.6. The molecule has 3 aromatic carbocycles. The van der Waals surface area contributed by atoms with E-state index >= 15 is 0 Å². The van der Waals surface area contributed by atoms with E-state index in [1.807, 2.05) is 51.1 Å². The Kier molecular flexibility index (Phi) is 10.3. The lowest BCUT2D eigenvalue weighted by molar-refractivity contribution is -0.142. The smallest absolute Gasteiger partial charge is 0.243 e. The molecule has 1 N–H and O–H groups in total. The Bertz CT molecular complexity index is 1180. The first-order valence-corrected chi connectivity index (χ1v) is 12.8. The Morgan fingerprint density at radius 3 is 2.18 bits per heavy atom. The third-order valence-corrected chi connectivity index (χ3v) is 5.93. The van der Waals surface area contributed by atoms with Crippen molar-refractivity contribution in [1.29, 1.82) is 0 Å². The van der Waals surface area contributed by atoms with Crippen LogP contribution in [0.15, 0.2) is 78.9 Å². The SMILES string of the molecule is COc1ccc(OCCCC(=O)N(Cc2ccccc2F)[C@@H](Cc2ccccc2)C(=O)NC(C)(C)C)cc1. The van der Waals surface area contributed by atoms with Crippen LogP contribution < -0.4 is 14.8 Å². The van der Waals surface area contributed by atoms with Gasteiger partial charge in [-0.2, -0.15) is 0 Å². The molecule has 0 fully saturated rings. The van der Waals surface area contributed by atoms with E-state index in [0.717, 1.165) is 11.3 Å². The molecule has 38 heavy (non-hydrogen) atoms. The Labute approximate surface area is 224 Å². The first kappa shape index (κ1) is 28.7. The maximum atomic E-state index is 14.7. The predicted molar refractivity (Wildman–Crippen MR) is 147 cm³/mol. The fourth-order valence-electron chi connectivity index (χ4n) is 4.05. The summed E-state index contributed by atoms with van der Waals surface area (Å²) in [4.78, 5) is 28.6. The van der Waals surface area contributed by atoms with Crippen LogP contribution in [0.2, 0.25) is 0 Å². The molecule has 1 atom stereocenters. The number of carbonyl (C=O) groups is 2. The minimum absolute atomic E-state index is 0.0140. The van der Waals surface area contributed by atoms with E-state index < -0.39 is 17.4 Å². The van der Waals surface area contributed by atoms with E-state index in [0.29, 0.717) is 30.8 Å². The quantitative estimate of drug-likeness (QED) is 0.318. The van der Waals surface area contributed by atoms with Crippen molar-refractivity contribution in [3.05, 3.63) is 95.8 Å². The van der Waals surface area contributed by atoms with Crippen molar-refractivity contribution in [2.24, 2.45) is 0 Å². The van der Waals surface area contributed by atoms with Crippen molar-refractivity contribution in [3.63, 3.8) is 0 Å². The van der Waals surface area contributed by atoms with Gasteiger partial charge in [-0.15, -0.1) is 0 Å². The molecule has 2 amide bonds. The molecule has 0 aliphatic rings. The van der Waals surface area contributed by atoms with Crippen LogP contribution in [0.5, 0.6) is 11.5 Å². The Hall–Kier alpha value is -3.87. The maximum Gasteiger partial charge on any atom is 0.243 e. The first-order chi connectivity index (χ1) is 18.2. The number of nitrogens with one attached hydrogen (secondary N) is 1. The van der Waals surface area contributed by atoms with Gasteiger partial charge in [0.25, 0.3) is 0 Å². The highest BCUT2D eigenvalue weighted by Gasteiger charge is 2.32. The summed E-state index contributed by atoms with van der Waals surface area (Å²) in [5.41, 5.74) is 0.776. The van der Waals surface area contributed by atoms with Crippen LogP contribution in [0.1, 0.15) is 44.7 Å². The largest absolute Gasteiger partial charge is 0.497 e. The second-order valence-electron chi connectivity index (χ2n) is 10.2. The van der Waals surface area contributed by atoms with Gasteiger partial charge in [-0.05, 0) is 63.1 Å². The van der Waals surface area contributed by atoms with Crippen LogP contribution in [-0.2, 0) is 22.6 Å². The highest BCUT2D eigenvalue weighted by Crippen LogP contribution is 2.20. The van der Waals surface area contributed by atoms with Crippen LogP contribution in [0.3, 0.4) is 0 Å². The number of amides is 2. The maximum absolute atomic E-state index is 14.7. The molecule has 0 saturated carbocycles. The normalized spacial score (nSPS) is 11.9. The van der Waals surface area contributed by atoms with Crippen molar-refractivity contribution >= 4 is 11.8 Å². The zero-order chi connectivity index (χ0) is 27.5. The molecular formula is C31H37FN2O4. The molecule has 0 unspecified atom stereocenters. The minimum atomic E-state index is -0.814. The van der Waals surface area contributed by atoms with Gasteiger partial charge in [-0.3, -0.25) is 9.59 Å². The van der Waals surface area contributed by atoms with Crippen LogP contribution in [0.25, 0.3) is 0 Å². The highest BCUT2D eigenvalue weighted by molar-refractivity contribution is 5.88. The number of nitrogens with zero attached hydrogens (tertiary/aromatic N) is 1. The van der Waals surface area contributed by atoms with Crippen molar-refractivity contribution in [3.8, 4) is 11.5 Å². The van der Waals surface area contributed by atoms with Gasteiger partial charge in [0.15, 0.2) is 0 Å². The summed E-state index contributed by atoms with van der Waals surface area (Å²) in [5.74, 6) is 0.474. The number of rotatable bonds is 12. The zero-order valence-electron chi connectivity index (χ0n) is 22.6. The topological polar surface area (TPSA) is 67.9 Å². The molecule has 0 saturated heterocycles. The van der Waals surface area contributed by atoms with Crippen molar-refractivity contribution in [1.82, 2.24) is 10.2 Å². The van der Waals surface area contributed by atoms with Gasteiger partial charge in [0, 0.05) is 30.5 Å². The number of halogens is 1. The predicted octanol–water partition coefficient (Wildman–Crippen LogP) is 5.55. The Morgan fingerprint density at radius 2 is 1.55 bits per heavy atom. The number of hydrogen-bond donors (Lipinski definition) is 1. The monoisotopic (exact) mass is 520 g/mol. The van der Waals surface area contributed by atoms with Gasteiger partial charge in [0.05, 0.1) is 13.7 Å². The van der Waals surface area contributed by atoms with E-state index in [4.69, 9.17) is 9.47 Å². The Balaban J connectivity index is 1.80. The van der Waals surface area contributed by atoms with E-state index in [2.05, 4.69) is 5.32 Å². The molecule has 6 nitrogen and oxygen atoms in total. The third kappa shape index (κ3) is 8.91. The fraction of sp³-hybridized carbons (Fsp3) is 0.355. The van der Waals surface area contributed by atoms with Gasteiger partial charge in [0.1, 0.15) is 23.4 Å². The summed E-state index contributed by atoms with van der Waals surface area (Å²) in [5, 5.41) is 3.01. The molecule has 0 spiro atoms. The second kappa shape index (κ2) is 13.6. The number of benzene rings is 3. The molecule has 0 radical (unpaired) electrons. The molecule has 3 aromatic rings. The molecule has 0 bridgehead atoms. The fourth-order valence-corrected chi connectivity index (χ4v) is 4.05. The lowest BCUT2D eigenvalue weighted by Crippen LogP contribution is -2.54. The molecule has 3 rings (SSSR count). The number of hydrogen-bond acceptors (Lipinski definition) is 4. The van der Waals surface area contributed by atoms with Gasteiger partial charge < -0.3 is 19.7 Å². The van der Waals surface area contributed by atoms with Crippen LogP contribution in [-0.4, -0.2) is 42.0 Å². The van der Waals surface area contributed by atoms with Crippen molar-refractivity contribution < 1.29 is 23.5 Å². The summed E-state index contributed by atoms with van der Waals surface area (Å²) in [6.45, 7) is 5.99. The van der Waals surface area contributed by atoms with E-state index in [-0.39, 0.29) is 24.8 Å². The third-order valence-electron chi connectivity index (χ3n) is 5.93. The summed E-state index contributed by atoms with van der Waals surface area (Å²) in [6.07, 6.45) is 0.904. The number of carbonyl (C=O) groups excluding carboxylic acids is 2. The second-order valence-corrected chi connectivity index (χ2v) is 10.2. The molecule has 0 aromatic heterocycles. The van der Waals surface area contributed by atoms with Gasteiger partial charge >= 0.3 is 0 Å². The Morgan fingerprint density at radius 1 is 0.921 bits per heavy atom. The average molecular weight is 521 g/mol. The van der Waals surface area contributed by atoms with Gasteiger partial charge in [-0.25, -0.2) is 4.39 Å². The molecule has 0 heterocycles. The van der Waals surface area contributed by atoms with Gasteiger partial charge in [-0.1, -0.05) is 48.5 Å². The summed E-state index contributed by atoms with van der Waals surface area (Å²) in [6, 6.07) is 22.3. The van der Waals surface area contributed by atoms with E-state index in [1.54, 1.807) is 49.6 Å². The zero-order valence-corrected chi connectivity index (χ0v) is 22.6. The van der Waals surface area contributed by atoms with Crippen LogP contribution in [0.4, 0.5) is 4.39 Å². The molecule has 202 valence electrons. The summed E-state index contributed by atoms with van der Waals surface area (Å²) in [7, 11) is 1.60. The minimum Gasteiger partial charge on any atom is -0.497 e. The molecule has 0 aliphatic carbocycles. The molecular weight excluding hydrogens is 483 g/mol. The molecule has 0 aliphatic heterocycles. The van der Waals surface area contributed by atoms with Crippen molar-refractivity contribution in [2.45, 2.75) is 58.2 Å². The van der Waals surface area contributed by atoms with E-state index in [1.165, 1.54) is 11.0 Å². The van der Waals surface area contributed by atoms with Crippen LogP contribution >= 0.6 is 0 Å². The van der Waals surface area contributed by atoms with Gasteiger partial charge in [0.2, 0.25) is 11.8 Å². The lowest BCUT2D eigenvalue weighted by atomic mass is 10.00. The molecule has 7 heteroatoms. The standard InChI is InChI=1S/C31H37FN2O4/c1-31(2,3)33-30(36)28(21-23-11-6-5-7-12-23)34(22-24-13-8-9-14-27(24)32)29(35)15-10-20-38-26-18-16-25(37-4)17-19-26/h5-9,11-14,16-19,28H,10,15,20-22H2,1-4H3,(H,33,36)/t28-/m0/s1. The summed E-state index contributed by atoms with van der Waals surface area (Å²) >= 11 is 0. The number of methoxy groups -OCH3 is 1. The number of ether oxygens (including phenoxy) is 2. The van der Waals surface area contributed by atoms with Crippen molar-refractivity contribution in [2.75, 3.05) is 13.7 Å². The first-order valence-electron chi connectivity index (χ1n) is 12.8. The lowest BCUT2D eigenvalue weighted by Gasteiger charge is -2.34. The van der Waals surface area contributed by atoms with E-state index in [9.17, 15) is 14.0 Å². The highest BCUT2D eigenvalue weighted by atomic mass is 19.1. The van der Waals surface area contributed by atoms with Crippen LogP contribution in [0, 0.1) is 5.82 Å².